The average Bonchev–Trinajstić information content (AvgIpc) is 2.73. The third kappa shape index (κ3) is 6.93. The summed E-state index contributed by atoms with van der Waals surface area (Å²) in [7, 11) is 5.60. The lowest BCUT2D eigenvalue weighted by Gasteiger charge is -2.22. The lowest BCUT2D eigenvalue weighted by Crippen LogP contribution is -2.38. The molecule has 0 aliphatic carbocycles. The Morgan fingerprint density at radius 1 is 0.966 bits per heavy atom. The number of rotatable bonds is 8. The number of benzene rings is 2. The van der Waals surface area contributed by atoms with E-state index in [9.17, 15) is 4.79 Å². The molecule has 0 saturated carbocycles. The van der Waals surface area contributed by atoms with Crippen molar-refractivity contribution in [3.05, 3.63) is 70.8 Å². The largest absolute Gasteiger partial charge is 0.357 e. The van der Waals surface area contributed by atoms with E-state index < -0.39 is 0 Å². The fourth-order valence-corrected chi connectivity index (χ4v) is 3.11. The highest BCUT2D eigenvalue weighted by molar-refractivity contribution is 5.94. The summed E-state index contributed by atoms with van der Waals surface area (Å²) in [4.78, 5) is 20.7. The molecule has 1 amide bonds. The highest BCUT2D eigenvalue weighted by Gasteiger charge is 2.09. The second-order valence-electron chi connectivity index (χ2n) is 7.41. The number of guanidine groups is 1. The smallest absolute Gasteiger partial charge is 0.253 e. The molecular formula is C24H34N4O. The second kappa shape index (κ2) is 11.2. The predicted octanol–water partition coefficient (Wildman–Crippen LogP) is 3.59. The molecule has 0 aliphatic heterocycles. The van der Waals surface area contributed by atoms with E-state index in [0.717, 1.165) is 43.0 Å². The van der Waals surface area contributed by atoms with Crippen LogP contribution in [-0.4, -0.2) is 55.9 Å². The van der Waals surface area contributed by atoms with Crippen LogP contribution >= 0.6 is 0 Å². The molecule has 1 N–H and O–H groups in total. The zero-order chi connectivity index (χ0) is 21.2. The first-order valence-corrected chi connectivity index (χ1v) is 10.3. The maximum atomic E-state index is 12.1. The maximum Gasteiger partial charge on any atom is 0.253 e. The van der Waals surface area contributed by atoms with Gasteiger partial charge in [-0.05, 0) is 48.6 Å². The normalized spacial score (nSPS) is 11.3. The monoisotopic (exact) mass is 394 g/mol. The van der Waals surface area contributed by atoms with Crippen LogP contribution in [0, 0.1) is 0 Å². The van der Waals surface area contributed by atoms with E-state index in [-0.39, 0.29) is 5.91 Å². The van der Waals surface area contributed by atoms with Crippen molar-refractivity contribution in [1.82, 2.24) is 15.1 Å². The summed E-state index contributed by atoms with van der Waals surface area (Å²) in [6, 6.07) is 16.6. The Labute approximate surface area is 175 Å². The minimum Gasteiger partial charge on any atom is -0.357 e. The Morgan fingerprint density at radius 2 is 1.66 bits per heavy atom. The number of hydrogen-bond acceptors (Lipinski definition) is 2. The maximum absolute atomic E-state index is 12.1. The molecule has 2 aromatic rings. The van der Waals surface area contributed by atoms with Crippen LogP contribution in [0.5, 0.6) is 0 Å². The van der Waals surface area contributed by atoms with Gasteiger partial charge in [0.05, 0.1) is 0 Å². The molecule has 0 unspecified atom stereocenters. The Hall–Kier alpha value is -2.82. The molecule has 156 valence electrons. The summed E-state index contributed by atoms with van der Waals surface area (Å²) in [5.74, 6) is 0.921. The van der Waals surface area contributed by atoms with Gasteiger partial charge >= 0.3 is 0 Å². The topological polar surface area (TPSA) is 47.9 Å². The fraction of sp³-hybridized carbons (Fsp3) is 0.417. The standard InChI is InChI=1S/C24H34N4O/c1-6-19-11-13-21(14-12-19)18-28(5)24(25-7-2)26-16-15-20-9-8-10-22(17-20)23(29)27(3)4/h8-14,17H,6-7,15-16,18H2,1-5H3,(H,25,26). The van der Waals surface area contributed by atoms with Crippen LogP contribution in [0.3, 0.4) is 0 Å². The van der Waals surface area contributed by atoms with E-state index in [0.29, 0.717) is 6.54 Å². The molecule has 0 heterocycles. The van der Waals surface area contributed by atoms with Gasteiger partial charge < -0.3 is 15.1 Å². The number of aliphatic imine (C=N–C) groups is 1. The molecule has 2 rings (SSSR count). The fourth-order valence-electron chi connectivity index (χ4n) is 3.11. The van der Waals surface area contributed by atoms with Gasteiger partial charge in [-0.2, -0.15) is 0 Å². The lowest BCUT2D eigenvalue weighted by atomic mass is 10.1. The van der Waals surface area contributed by atoms with E-state index in [2.05, 4.69) is 55.4 Å². The van der Waals surface area contributed by atoms with Gasteiger partial charge in [-0.25, -0.2) is 0 Å². The number of aryl methyl sites for hydroxylation is 1. The van der Waals surface area contributed by atoms with E-state index >= 15 is 0 Å². The van der Waals surface area contributed by atoms with Gasteiger partial charge in [0.25, 0.3) is 5.91 Å². The number of nitrogens with zero attached hydrogens (tertiary/aromatic N) is 3. The molecular weight excluding hydrogens is 360 g/mol. The molecule has 0 saturated heterocycles. The number of amides is 1. The van der Waals surface area contributed by atoms with Crippen LogP contribution in [0.25, 0.3) is 0 Å². The van der Waals surface area contributed by atoms with Crippen molar-refractivity contribution >= 4 is 11.9 Å². The van der Waals surface area contributed by atoms with Gasteiger partial charge in [0.1, 0.15) is 0 Å². The van der Waals surface area contributed by atoms with Gasteiger partial charge in [-0.1, -0.05) is 43.3 Å². The minimum atomic E-state index is 0.0255. The van der Waals surface area contributed by atoms with E-state index in [1.165, 1.54) is 11.1 Å². The third-order valence-electron chi connectivity index (χ3n) is 4.79. The number of nitrogens with one attached hydrogen (secondary N) is 1. The van der Waals surface area contributed by atoms with Crippen molar-refractivity contribution in [3.63, 3.8) is 0 Å². The molecule has 0 radical (unpaired) electrons. The second-order valence-corrected chi connectivity index (χ2v) is 7.41. The highest BCUT2D eigenvalue weighted by Crippen LogP contribution is 2.10. The molecule has 0 spiro atoms. The molecule has 2 aromatic carbocycles. The molecule has 0 fully saturated rings. The van der Waals surface area contributed by atoms with Crippen molar-refractivity contribution in [2.24, 2.45) is 4.99 Å². The van der Waals surface area contributed by atoms with Crippen LogP contribution in [0.15, 0.2) is 53.5 Å². The summed E-state index contributed by atoms with van der Waals surface area (Å²) in [6.07, 6.45) is 1.85. The molecule has 0 aliphatic rings. The summed E-state index contributed by atoms with van der Waals surface area (Å²) < 4.78 is 0. The SMILES string of the molecule is CCNC(=NCCc1cccc(C(=O)N(C)C)c1)N(C)Cc1ccc(CC)cc1. The zero-order valence-corrected chi connectivity index (χ0v) is 18.4. The molecule has 0 bridgehead atoms. The first-order chi connectivity index (χ1) is 13.9. The summed E-state index contributed by atoms with van der Waals surface area (Å²) in [5.41, 5.74) is 4.46. The van der Waals surface area contributed by atoms with Gasteiger partial charge in [0, 0.05) is 46.3 Å². The lowest BCUT2D eigenvalue weighted by molar-refractivity contribution is 0.0827. The summed E-state index contributed by atoms with van der Waals surface area (Å²) >= 11 is 0. The van der Waals surface area contributed by atoms with Crippen molar-refractivity contribution < 1.29 is 4.79 Å². The predicted molar refractivity (Wildman–Crippen MR) is 121 cm³/mol. The Kier molecular flexibility index (Phi) is 8.71. The van der Waals surface area contributed by atoms with Gasteiger partial charge in [0.15, 0.2) is 5.96 Å². The highest BCUT2D eigenvalue weighted by atomic mass is 16.2. The third-order valence-corrected chi connectivity index (χ3v) is 4.79. The van der Waals surface area contributed by atoms with E-state index in [1.54, 1.807) is 19.0 Å². The van der Waals surface area contributed by atoms with E-state index in [4.69, 9.17) is 4.99 Å². The molecule has 5 nitrogen and oxygen atoms in total. The van der Waals surface area contributed by atoms with Crippen LogP contribution in [0.2, 0.25) is 0 Å². The van der Waals surface area contributed by atoms with Gasteiger partial charge in [-0.15, -0.1) is 0 Å². The van der Waals surface area contributed by atoms with Crippen LogP contribution in [-0.2, 0) is 19.4 Å². The average molecular weight is 395 g/mol. The Balaban J connectivity index is 2.00. The van der Waals surface area contributed by atoms with Crippen LogP contribution in [0.4, 0.5) is 0 Å². The number of hydrogen-bond donors (Lipinski definition) is 1. The van der Waals surface area contributed by atoms with Crippen molar-refractivity contribution in [2.45, 2.75) is 33.2 Å². The Bertz CT molecular complexity index is 812. The van der Waals surface area contributed by atoms with E-state index in [1.807, 2.05) is 24.3 Å². The zero-order valence-electron chi connectivity index (χ0n) is 18.4. The Morgan fingerprint density at radius 3 is 2.28 bits per heavy atom. The molecule has 29 heavy (non-hydrogen) atoms. The minimum absolute atomic E-state index is 0.0255. The summed E-state index contributed by atoms with van der Waals surface area (Å²) in [6.45, 7) is 6.55. The first-order valence-electron chi connectivity index (χ1n) is 10.3. The van der Waals surface area contributed by atoms with Crippen molar-refractivity contribution in [2.75, 3.05) is 34.2 Å². The van der Waals surface area contributed by atoms with Crippen molar-refractivity contribution in [1.29, 1.82) is 0 Å². The molecule has 0 atom stereocenters. The summed E-state index contributed by atoms with van der Waals surface area (Å²) in [5, 5.41) is 3.37. The molecule has 5 heteroatoms. The van der Waals surface area contributed by atoms with Gasteiger partial charge in [-0.3, -0.25) is 9.79 Å². The van der Waals surface area contributed by atoms with Crippen LogP contribution in [0.1, 0.15) is 40.9 Å². The van der Waals surface area contributed by atoms with Crippen molar-refractivity contribution in [3.8, 4) is 0 Å². The molecule has 0 aromatic heterocycles. The number of carbonyl (C=O) groups is 1. The quantitative estimate of drug-likeness (QED) is 0.550. The number of carbonyl (C=O) groups excluding carboxylic acids is 1. The van der Waals surface area contributed by atoms with Gasteiger partial charge in [0.2, 0.25) is 0 Å². The van der Waals surface area contributed by atoms with Crippen LogP contribution < -0.4 is 5.32 Å². The first kappa shape index (κ1) is 22.5.